The third-order valence-corrected chi connectivity index (χ3v) is 7.06. The maximum absolute atomic E-state index is 11.8. The largest absolute Gasteiger partial charge is 0.493 e. The van der Waals surface area contributed by atoms with E-state index in [0.29, 0.717) is 23.2 Å². The molecule has 2 aliphatic heterocycles. The zero-order chi connectivity index (χ0) is 21.0. The molecular formula is C23H26N2O4S. The van der Waals surface area contributed by atoms with Crippen molar-refractivity contribution in [1.29, 1.82) is 0 Å². The average Bonchev–Trinajstić information content (AvgIpc) is 3.18. The smallest absolute Gasteiger partial charge is 0.229 e. The second kappa shape index (κ2) is 7.03. The van der Waals surface area contributed by atoms with Gasteiger partial charge in [0.25, 0.3) is 0 Å². The molecule has 1 saturated heterocycles. The van der Waals surface area contributed by atoms with Crippen molar-refractivity contribution in [3.63, 3.8) is 0 Å². The lowest BCUT2D eigenvalue weighted by molar-refractivity contribution is 0.229. The van der Waals surface area contributed by atoms with Gasteiger partial charge >= 0.3 is 0 Å². The number of benzene rings is 3. The van der Waals surface area contributed by atoms with Crippen LogP contribution in [0.25, 0.3) is 21.5 Å². The number of hydrogen-bond donors (Lipinski definition) is 1. The van der Waals surface area contributed by atoms with Crippen molar-refractivity contribution in [1.82, 2.24) is 4.90 Å². The van der Waals surface area contributed by atoms with Gasteiger partial charge in [-0.1, -0.05) is 6.07 Å². The summed E-state index contributed by atoms with van der Waals surface area (Å²) >= 11 is 0. The molecule has 1 N–H and O–H groups in total. The van der Waals surface area contributed by atoms with E-state index < -0.39 is 10.0 Å². The van der Waals surface area contributed by atoms with E-state index in [2.05, 4.69) is 15.7 Å². The summed E-state index contributed by atoms with van der Waals surface area (Å²) in [5.74, 6) is 1.39. The molecule has 30 heavy (non-hydrogen) atoms. The lowest BCUT2D eigenvalue weighted by Crippen LogP contribution is -2.35. The molecule has 0 unspecified atom stereocenters. The minimum Gasteiger partial charge on any atom is -0.493 e. The van der Waals surface area contributed by atoms with Gasteiger partial charge in [-0.15, -0.1) is 0 Å². The first kappa shape index (κ1) is 19.5. The predicted octanol–water partition coefficient (Wildman–Crippen LogP) is 3.90. The molecule has 0 aromatic heterocycles. The Morgan fingerprint density at radius 3 is 2.37 bits per heavy atom. The summed E-state index contributed by atoms with van der Waals surface area (Å²) < 4.78 is 37.4. The molecule has 6 nitrogen and oxygen atoms in total. The number of nitrogens with one attached hydrogen (secondary N) is 1. The first-order chi connectivity index (χ1) is 14.4. The molecule has 0 saturated carbocycles. The highest BCUT2D eigenvalue weighted by atomic mass is 32.2. The van der Waals surface area contributed by atoms with Crippen LogP contribution in [0.1, 0.15) is 24.0 Å². The molecule has 5 rings (SSSR count). The van der Waals surface area contributed by atoms with E-state index in [1.54, 1.807) is 14.2 Å². The number of nitrogens with zero attached hydrogens (tertiary/aromatic N) is 1. The number of hydrogen-bond acceptors (Lipinski definition) is 5. The topological polar surface area (TPSA) is 67.9 Å². The van der Waals surface area contributed by atoms with Gasteiger partial charge in [0, 0.05) is 18.3 Å². The van der Waals surface area contributed by atoms with Crippen molar-refractivity contribution in [2.24, 2.45) is 0 Å². The van der Waals surface area contributed by atoms with E-state index in [-0.39, 0.29) is 0 Å². The zero-order valence-electron chi connectivity index (χ0n) is 17.5. The van der Waals surface area contributed by atoms with E-state index >= 15 is 0 Å². The molecule has 1 fully saturated rings. The summed E-state index contributed by atoms with van der Waals surface area (Å²) in [6.07, 6.45) is 4.68. The first-order valence-corrected chi connectivity index (χ1v) is 12.1. The van der Waals surface area contributed by atoms with Crippen LogP contribution in [-0.2, 0) is 23.0 Å². The normalized spacial score (nSPS) is 19.0. The van der Waals surface area contributed by atoms with Gasteiger partial charge in [-0.25, -0.2) is 8.42 Å². The second-order valence-corrected chi connectivity index (χ2v) is 10.1. The van der Waals surface area contributed by atoms with E-state index in [0.717, 1.165) is 30.3 Å². The van der Waals surface area contributed by atoms with E-state index in [4.69, 9.17) is 9.47 Å². The lowest BCUT2D eigenvalue weighted by atomic mass is 9.85. The summed E-state index contributed by atoms with van der Waals surface area (Å²) in [6.45, 7) is 2.07. The Bertz CT molecular complexity index is 1270. The van der Waals surface area contributed by atoms with Crippen LogP contribution in [-0.4, -0.2) is 46.4 Å². The number of fused-ring (bicyclic) bond motifs is 7. The molecule has 0 aliphatic carbocycles. The van der Waals surface area contributed by atoms with Gasteiger partial charge in [-0.05, 0) is 82.7 Å². The Hall–Kier alpha value is -2.51. The van der Waals surface area contributed by atoms with Crippen LogP contribution in [0.15, 0.2) is 30.3 Å². The van der Waals surface area contributed by atoms with Crippen LogP contribution >= 0.6 is 0 Å². The zero-order valence-corrected chi connectivity index (χ0v) is 18.3. The summed E-state index contributed by atoms with van der Waals surface area (Å²) in [5, 5.41) is 4.42. The maximum atomic E-state index is 11.8. The number of rotatable bonds is 4. The Balaban J connectivity index is 1.84. The van der Waals surface area contributed by atoms with Crippen molar-refractivity contribution < 1.29 is 17.9 Å². The van der Waals surface area contributed by atoms with E-state index in [1.807, 2.05) is 24.3 Å². The summed E-state index contributed by atoms with van der Waals surface area (Å²) in [7, 11) is -0.0616. The summed E-state index contributed by atoms with van der Waals surface area (Å²) in [6, 6.07) is 10.5. The number of anilines is 1. The van der Waals surface area contributed by atoms with Gasteiger partial charge in [-0.2, -0.15) is 0 Å². The molecule has 2 aliphatic rings. The van der Waals surface area contributed by atoms with Gasteiger partial charge < -0.3 is 9.47 Å². The van der Waals surface area contributed by atoms with Crippen molar-refractivity contribution >= 4 is 37.3 Å². The average molecular weight is 427 g/mol. The first-order valence-electron chi connectivity index (χ1n) is 10.2. The van der Waals surface area contributed by atoms with Crippen LogP contribution in [0.3, 0.4) is 0 Å². The van der Waals surface area contributed by atoms with Crippen LogP contribution in [0.5, 0.6) is 11.5 Å². The van der Waals surface area contributed by atoms with Crippen molar-refractivity contribution in [2.75, 3.05) is 31.7 Å². The molecule has 0 bridgehead atoms. The summed E-state index contributed by atoms with van der Waals surface area (Å²) in [4.78, 5) is 2.58. The quantitative estimate of drug-likeness (QED) is 0.641. The fourth-order valence-electron chi connectivity index (χ4n) is 5.17. The minimum absolute atomic E-state index is 0.566. The monoisotopic (exact) mass is 426 g/mol. The predicted molar refractivity (Wildman–Crippen MR) is 120 cm³/mol. The van der Waals surface area contributed by atoms with Crippen LogP contribution < -0.4 is 14.2 Å². The highest BCUT2D eigenvalue weighted by Crippen LogP contribution is 2.44. The SMILES string of the molecule is COc1cc2c3c(c4ccc(NS(C)(=O)=O)cc4c2cc1OC)CN1CCC[C@@H]1C3. The number of ether oxygens (including phenoxy) is 2. The highest BCUT2D eigenvalue weighted by Gasteiger charge is 2.32. The Morgan fingerprint density at radius 1 is 0.967 bits per heavy atom. The lowest BCUT2D eigenvalue weighted by Gasteiger charge is -2.33. The van der Waals surface area contributed by atoms with Crippen LogP contribution in [0, 0.1) is 0 Å². The van der Waals surface area contributed by atoms with E-state index in [1.165, 1.54) is 41.0 Å². The molecular weight excluding hydrogens is 400 g/mol. The molecule has 0 spiro atoms. The molecule has 7 heteroatoms. The number of methoxy groups -OCH3 is 2. The van der Waals surface area contributed by atoms with Crippen LogP contribution in [0.4, 0.5) is 5.69 Å². The molecule has 0 amide bonds. The highest BCUT2D eigenvalue weighted by molar-refractivity contribution is 7.92. The summed E-state index contributed by atoms with van der Waals surface area (Å²) in [5.41, 5.74) is 3.29. The van der Waals surface area contributed by atoms with Gasteiger partial charge in [0.15, 0.2) is 11.5 Å². The van der Waals surface area contributed by atoms with Crippen molar-refractivity contribution in [3.8, 4) is 11.5 Å². The third-order valence-electron chi connectivity index (χ3n) is 6.45. The standard InChI is InChI=1S/C23H26N2O4S/c1-28-22-11-19-17-9-14(24-30(3,26)27)6-7-16(17)21-13-25-8-4-5-15(25)10-18(21)20(19)12-23(22)29-2/h6-7,9,11-12,15,24H,4-5,8,10,13H2,1-3H3/t15-/m1/s1. The van der Waals surface area contributed by atoms with Gasteiger partial charge in [0.2, 0.25) is 10.0 Å². The molecule has 2 heterocycles. The molecule has 1 atom stereocenters. The minimum atomic E-state index is -3.35. The Kier molecular flexibility index (Phi) is 4.56. The Labute approximate surface area is 176 Å². The third kappa shape index (κ3) is 3.17. The second-order valence-electron chi connectivity index (χ2n) is 8.32. The molecule has 0 radical (unpaired) electrons. The van der Waals surface area contributed by atoms with E-state index in [9.17, 15) is 8.42 Å². The Morgan fingerprint density at radius 2 is 1.67 bits per heavy atom. The molecule has 158 valence electrons. The number of sulfonamides is 1. The van der Waals surface area contributed by atoms with Gasteiger partial charge in [0.1, 0.15) is 0 Å². The van der Waals surface area contributed by atoms with Crippen molar-refractivity contribution in [2.45, 2.75) is 31.8 Å². The fraction of sp³-hybridized carbons (Fsp3) is 0.391. The van der Waals surface area contributed by atoms with Gasteiger partial charge in [0.05, 0.1) is 20.5 Å². The fourth-order valence-corrected chi connectivity index (χ4v) is 5.73. The van der Waals surface area contributed by atoms with Crippen molar-refractivity contribution in [3.05, 3.63) is 41.5 Å². The molecule has 3 aromatic rings. The van der Waals surface area contributed by atoms with Crippen LogP contribution in [0.2, 0.25) is 0 Å². The maximum Gasteiger partial charge on any atom is 0.229 e. The van der Waals surface area contributed by atoms with Gasteiger partial charge in [-0.3, -0.25) is 9.62 Å². The molecule has 3 aromatic carbocycles.